The van der Waals surface area contributed by atoms with Crippen LogP contribution in [0.4, 0.5) is 4.39 Å². The Kier molecular flexibility index (Phi) is 8.32. The highest BCUT2D eigenvalue weighted by Crippen LogP contribution is 2.42. The van der Waals surface area contributed by atoms with Crippen molar-refractivity contribution in [2.24, 2.45) is 0 Å². The summed E-state index contributed by atoms with van der Waals surface area (Å²) in [6.45, 7) is 5.70. The molecule has 1 heterocycles. The number of aryl methyl sites for hydroxylation is 1. The van der Waals surface area contributed by atoms with E-state index in [2.05, 4.69) is 38.1 Å². The lowest BCUT2D eigenvalue weighted by Crippen LogP contribution is -2.21. The molecule has 36 heavy (non-hydrogen) atoms. The van der Waals surface area contributed by atoms with Crippen LogP contribution in [0.15, 0.2) is 48.5 Å². The molecule has 3 aromatic rings. The van der Waals surface area contributed by atoms with Crippen LogP contribution >= 0.6 is 0 Å². The van der Waals surface area contributed by atoms with Crippen molar-refractivity contribution in [2.75, 3.05) is 0 Å². The largest absolute Gasteiger partial charge is 0.393 e. The Morgan fingerprint density at radius 2 is 1.75 bits per heavy atom. The molecule has 0 spiro atoms. The van der Waals surface area contributed by atoms with E-state index in [1.165, 1.54) is 30.2 Å². The third-order valence-electron chi connectivity index (χ3n) is 7.05. The quantitative estimate of drug-likeness (QED) is 0.376. The number of carbonyl (C=O) groups is 1. The average Bonchev–Trinajstić information content (AvgIpc) is 3.01. The number of carbonyl (C=O) groups excluding carboxylic acids is 1. The van der Waals surface area contributed by atoms with Gasteiger partial charge in [-0.2, -0.15) is 0 Å². The van der Waals surface area contributed by atoms with Crippen LogP contribution in [0.3, 0.4) is 0 Å². The first kappa shape index (κ1) is 26.2. The van der Waals surface area contributed by atoms with E-state index in [1.807, 2.05) is 12.1 Å². The summed E-state index contributed by atoms with van der Waals surface area (Å²) in [7, 11) is 0. The summed E-state index contributed by atoms with van der Waals surface area (Å²) in [5.41, 5.74) is 8.76. The number of rotatable bonds is 9. The number of ketones is 1. The van der Waals surface area contributed by atoms with E-state index in [0.717, 1.165) is 52.9 Å². The summed E-state index contributed by atoms with van der Waals surface area (Å²) in [4.78, 5) is 16.6. The Morgan fingerprint density at radius 1 is 1.03 bits per heavy atom. The molecule has 1 aliphatic rings. The summed E-state index contributed by atoms with van der Waals surface area (Å²) < 4.78 is 13.9. The average molecular weight is 490 g/mol. The van der Waals surface area contributed by atoms with Gasteiger partial charge >= 0.3 is 0 Å². The maximum atomic E-state index is 13.9. The SMILES string of the molecule is CC(=O)C[C@H](O)C[C@H](O)CCc1c(C(C)C)nc2c(c1-c1ccc(F)cc1)CCCc1ccccc1-2. The molecule has 5 heteroatoms. The predicted molar refractivity (Wildman–Crippen MR) is 141 cm³/mol. The number of Topliss-reactive ketones (excluding diaryl/α,β-unsaturated/α-hetero) is 1. The molecule has 1 aliphatic carbocycles. The number of nitrogens with zero attached hydrogens (tertiary/aromatic N) is 1. The molecule has 4 rings (SSSR count). The van der Waals surface area contributed by atoms with Gasteiger partial charge < -0.3 is 10.2 Å². The van der Waals surface area contributed by atoms with Gasteiger partial charge in [0.15, 0.2) is 0 Å². The van der Waals surface area contributed by atoms with E-state index in [-0.39, 0.29) is 30.4 Å². The number of fused-ring (bicyclic) bond motifs is 3. The van der Waals surface area contributed by atoms with Crippen LogP contribution in [0.25, 0.3) is 22.4 Å². The Labute approximate surface area is 213 Å². The second-order valence-electron chi connectivity index (χ2n) is 10.3. The smallest absolute Gasteiger partial charge is 0.132 e. The van der Waals surface area contributed by atoms with Gasteiger partial charge in [-0.15, -0.1) is 0 Å². The van der Waals surface area contributed by atoms with Gasteiger partial charge in [-0.05, 0) is 91.3 Å². The maximum Gasteiger partial charge on any atom is 0.132 e. The molecule has 0 saturated carbocycles. The first-order valence-electron chi connectivity index (χ1n) is 13.0. The van der Waals surface area contributed by atoms with Gasteiger partial charge in [-0.3, -0.25) is 9.78 Å². The number of aliphatic hydroxyl groups is 2. The molecule has 1 aromatic heterocycles. The molecule has 2 N–H and O–H groups in total. The minimum absolute atomic E-state index is 0.0505. The fourth-order valence-corrected chi connectivity index (χ4v) is 5.43. The minimum atomic E-state index is -0.847. The van der Waals surface area contributed by atoms with Gasteiger partial charge in [0, 0.05) is 17.7 Å². The van der Waals surface area contributed by atoms with E-state index in [4.69, 9.17) is 4.98 Å². The van der Waals surface area contributed by atoms with Crippen LogP contribution in [0, 0.1) is 5.82 Å². The molecule has 190 valence electrons. The van der Waals surface area contributed by atoms with Gasteiger partial charge in [0.1, 0.15) is 11.6 Å². The van der Waals surface area contributed by atoms with E-state index in [9.17, 15) is 19.4 Å². The zero-order valence-corrected chi connectivity index (χ0v) is 21.4. The van der Waals surface area contributed by atoms with Crippen LogP contribution < -0.4 is 0 Å². The molecule has 0 bridgehead atoms. The molecule has 0 saturated heterocycles. The third-order valence-corrected chi connectivity index (χ3v) is 7.05. The molecular weight excluding hydrogens is 453 g/mol. The van der Waals surface area contributed by atoms with Crippen LogP contribution in [-0.2, 0) is 24.1 Å². The predicted octanol–water partition coefficient (Wildman–Crippen LogP) is 6.19. The van der Waals surface area contributed by atoms with Gasteiger partial charge in [0.2, 0.25) is 0 Å². The Morgan fingerprint density at radius 3 is 2.44 bits per heavy atom. The number of hydrogen-bond donors (Lipinski definition) is 2. The lowest BCUT2D eigenvalue weighted by atomic mass is 9.84. The summed E-state index contributed by atoms with van der Waals surface area (Å²) in [5.74, 6) is -0.212. The minimum Gasteiger partial charge on any atom is -0.393 e. The Hall–Kier alpha value is -2.89. The number of hydrogen-bond acceptors (Lipinski definition) is 4. The molecule has 0 radical (unpaired) electrons. The number of pyridine rings is 1. The molecular formula is C31H36FNO3. The van der Waals surface area contributed by atoms with Crippen molar-refractivity contribution in [1.82, 2.24) is 4.98 Å². The van der Waals surface area contributed by atoms with Crippen molar-refractivity contribution in [3.8, 4) is 22.4 Å². The summed E-state index contributed by atoms with van der Waals surface area (Å²) in [5, 5.41) is 20.8. The lowest BCUT2D eigenvalue weighted by Gasteiger charge is -2.24. The van der Waals surface area contributed by atoms with Gasteiger partial charge in [0.25, 0.3) is 0 Å². The topological polar surface area (TPSA) is 70.4 Å². The summed E-state index contributed by atoms with van der Waals surface area (Å²) in [6, 6.07) is 15.1. The Bertz CT molecular complexity index is 1220. The molecule has 0 aliphatic heterocycles. The van der Waals surface area contributed by atoms with Gasteiger partial charge in [-0.1, -0.05) is 50.2 Å². The van der Waals surface area contributed by atoms with Gasteiger partial charge in [-0.25, -0.2) is 4.39 Å². The maximum absolute atomic E-state index is 13.9. The van der Waals surface area contributed by atoms with E-state index in [0.29, 0.717) is 12.8 Å². The first-order chi connectivity index (χ1) is 17.2. The molecule has 0 amide bonds. The number of halogens is 1. The van der Waals surface area contributed by atoms with Crippen LogP contribution in [0.1, 0.15) is 74.8 Å². The fraction of sp³-hybridized carbons (Fsp3) is 0.419. The van der Waals surface area contributed by atoms with Crippen LogP contribution in [0.2, 0.25) is 0 Å². The third kappa shape index (κ3) is 5.91. The normalized spacial score (nSPS) is 14.6. The molecule has 0 unspecified atom stereocenters. The van der Waals surface area contributed by atoms with Crippen molar-refractivity contribution in [2.45, 2.75) is 83.8 Å². The Balaban J connectivity index is 1.82. The van der Waals surface area contributed by atoms with E-state index >= 15 is 0 Å². The summed E-state index contributed by atoms with van der Waals surface area (Å²) in [6.07, 6.45) is 2.50. The highest BCUT2D eigenvalue weighted by atomic mass is 19.1. The van der Waals surface area contributed by atoms with Crippen molar-refractivity contribution >= 4 is 5.78 Å². The standard InChI is InChI=1S/C31H36FNO3/c1-19(2)30-28(16-15-24(35)18-25(36)17-20(3)34)29(22-11-13-23(32)14-12-22)27-10-6-8-21-7-4-5-9-26(21)31(27)33-30/h4-5,7,9,11-14,19,24-25,35-36H,6,8,10,15-18H2,1-3H3/t24-,25+/m1/s1. The fourth-order valence-electron chi connectivity index (χ4n) is 5.43. The molecule has 2 aromatic carbocycles. The number of aromatic nitrogens is 1. The number of benzene rings is 2. The molecule has 0 fully saturated rings. The monoisotopic (exact) mass is 489 g/mol. The zero-order chi connectivity index (χ0) is 25.8. The van der Waals surface area contributed by atoms with E-state index in [1.54, 1.807) is 0 Å². The highest BCUT2D eigenvalue weighted by Gasteiger charge is 2.26. The first-order valence-corrected chi connectivity index (χ1v) is 13.0. The van der Waals surface area contributed by atoms with Crippen molar-refractivity contribution < 1.29 is 19.4 Å². The van der Waals surface area contributed by atoms with Crippen molar-refractivity contribution in [3.05, 3.63) is 76.7 Å². The van der Waals surface area contributed by atoms with Gasteiger partial charge in [0.05, 0.1) is 17.9 Å². The summed E-state index contributed by atoms with van der Waals surface area (Å²) >= 11 is 0. The van der Waals surface area contributed by atoms with Crippen molar-refractivity contribution in [1.29, 1.82) is 0 Å². The molecule has 4 nitrogen and oxygen atoms in total. The van der Waals surface area contributed by atoms with Crippen LogP contribution in [-0.4, -0.2) is 33.2 Å². The second-order valence-corrected chi connectivity index (χ2v) is 10.3. The molecule has 2 atom stereocenters. The second kappa shape index (κ2) is 11.4. The lowest BCUT2D eigenvalue weighted by molar-refractivity contribution is -0.119. The number of aliphatic hydroxyl groups excluding tert-OH is 2. The van der Waals surface area contributed by atoms with Crippen LogP contribution in [0.5, 0.6) is 0 Å². The highest BCUT2D eigenvalue weighted by molar-refractivity contribution is 5.81. The zero-order valence-electron chi connectivity index (χ0n) is 21.4. The van der Waals surface area contributed by atoms with Crippen molar-refractivity contribution in [3.63, 3.8) is 0 Å². The van der Waals surface area contributed by atoms with E-state index < -0.39 is 12.2 Å².